The van der Waals surface area contributed by atoms with Gasteiger partial charge in [0.05, 0.1) is 24.5 Å². The van der Waals surface area contributed by atoms with Crippen LogP contribution in [0.3, 0.4) is 0 Å². The van der Waals surface area contributed by atoms with Crippen molar-refractivity contribution in [3.8, 4) is 0 Å². The molecule has 0 fully saturated rings. The van der Waals surface area contributed by atoms with Crippen LogP contribution in [0.25, 0.3) is 0 Å². The fraction of sp³-hybridized carbons (Fsp3) is 0.700. The number of esters is 1. The fourth-order valence-electron chi connectivity index (χ4n) is 3.06. The van der Waals surface area contributed by atoms with Gasteiger partial charge in [-0.2, -0.15) is 0 Å². The molecule has 1 aliphatic heterocycles. The summed E-state index contributed by atoms with van der Waals surface area (Å²) in [5.74, 6) is -0.342. The molecular weight excluding hydrogens is 304 g/mol. The smallest absolute Gasteiger partial charge is 0.308 e. The molecule has 136 valence electrons. The first-order chi connectivity index (χ1) is 11.1. The molecule has 1 rings (SSSR count). The van der Waals surface area contributed by atoms with Gasteiger partial charge in [0.15, 0.2) is 0 Å². The van der Waals surface area contributed by atoms with E-state index >= 15 is 0 Å². The van der Waals surface area contributed by atoms with Crippen molar-refractivity contribution in [1.82, 2.24) is 0 Å². The van der Waals surface area contributed by atoms with Gasteiger partial charge in [0.1, 0.15) is 5.78 Å². The van der Waals surface area contributed by atoms with E-state index < -0.39 is 17.5 Å². The Hall–Kier alpha value is -1.42. The van der Waals surface area contributed by atoms with Crippen molar-refractivity contribution in [1.29, 1.82) is 0 Å². The molecule has 0 aromatic carbocycles. The van der Waals surface area contributed by atoms with E-state index in [-0.39, 0.29) is 18.1 Å². The Morgan fingerprint density at radius 3 is 2.58 bits per heavy atom. The Labute approximate surface area is 146 Å². The zero-order valence-corrected chi connectivity index (χ0v) is 15.7. The van der Waals surface area contributed by atoms with Crippen LogP contribution in [0.4, 0.5) is 0 Å². The molecule has 0 aromatic heterocycles. The molecule has 4 heteroatoms. The first-order valence-electron chi connectivity index (χ1n) is 8.84. The third kappa shape index (κ3) is 6.23. The normalized spacial score (nSPS) is 34.1. The molecule has 0 aliphatic carbocycles. The lowest BCUT2D eigenvalue weighted by molar-refractivity contribution is -0.150. The van der Waals surface area contributed by atoms with Crippen LogP contribution in [0, 0.1) is 17.3 Å². The molecule has 0 aromatic rings. The van der Waals surface area contributed by atoms with Crippen molar-refractivity contribution in [3.05, 3.63) is 23.8 Å². The van der Waals surface area contributed by atoms with Crippen LogP contribution < -0.4 is 0 Å². The van der Waals surface area contributed by atoms with Crippen molar-refractivity contribution < 1.29 is 19.4 Å². The maximum absolute atomic E-state index is 12.7. The SMILES string of the molecule is C/C1=C/CCOC(=O)CC(O)C(C)(C)C(=O)C(C)CC(C)/C=C\C1. The highest BCUT2D eigenvalue weighted by Gasteiger charge is 2.39. The van der Waals surface area contributed by atoms with Crippen molar-refractivity contribution in [2.24, 2.45) is 17.3 Å². The van der Waals surface area contributed by atoms with Crippen LogP contribution in [0.15, 0.2) is 23.8 Å². The molecule has 3 unspecified atom stereocenters. The molecule has 24 heavy (non-hydrogen) atoms. The summed E-state index contributed by atoms with van der Waals surface area (Å²) in [6, 6.07) is 0. The van der Waals surface area contributed by atoms with Crippen molar-refractivity contribution in [3.63, 3.8) is 0 Å². The summed E-state index contributed by atoms with van der Waals surface area (Å²) in [4.78, 5) is 24.6. The van der Waals surface area contributed by atoms with Crippen LogP contribution in [-0.2, 0) is 14.3 Å². The molecule has 0 amide bonds. The Bertz CT molecular complexity index is 502. The first-order valence-corrected chi connectivity index (χ1v) is 8.84. The number of rotatable bonds is 0. The Kier molecular flexibility index (Phi) is 7.88. The summed E-state index contributed by atoms with van der Waals surface area (Å²) in [7, 11) is 0. The van der Waals surface area contributed by atoms with Crippen molar-refractivity contribution >= 4 is 11.8 Å². The number of aliphatic hydroxyl groups excluding tert-OH is 1. The highest BCUT2D eigenvalue weighted by atomic mass is 16.5. The first kappa shape index (κ1) is 20.6. The highest BCUT2D eigenvalue weighted by Crippen LogP contribution is 2.30. The lowest BCUT2D eigenvalue weighted by Crippen LogP contribution is -2.42. The lowest BCUT2D eigenvalue weighted by atomic mass is 9.74. The van der Waals surface area contributed by atoms with Crippen molar-refractivity contribution in [2.75, 3.05) is 6.61 Å². The van der Waals surface area contributed by atoms with Crippen LogP contribution in [-0.4, -0.2) is 29.6 Å². The van der Waals surface area contributed by atoms with Gasteiger partial charge in [-0.1, -0.05) is 51.5 Å². The second kappa shape index (κ2) is 9.16. The topological polar surface area (TPSA) is 63.6 Å². The Balaban J connectivity index is 2.94. The standard InChI is InChI=1S/C20H32O4/c1-14-8-6-9-15(2)12-16(3)19(23)20(4,5)17(21)13-18(22)24-11-7-10-14/h6,9-10,15-17,21H,7-8,11-13H2,1-5H3/b9-6-,14-10-. The molecule has 0 saturated heterocycles. The fourth-order valence-corrected chi connectivity index (χ4v) is 3.06. The van der Waals surface area contributed by atoms with Crippen LogP contribution in [0.5, 0.6) is 0 Å². The summed E-state index contributed by atoms with van der Waals surface area (Å²) < 4.78 is 5.16. The highest BCUT2D eigenvalue weighted by molar-refractivity contribution is 5.87. The van der Waals surface area contributed by atoms with E-state index in [2.05, 4.69) is 32.1 Å². The molecule has 0 saturated carbocycles. The van der Waals surface area contributed by atoms with Gasteiger partial charge in [-0.3, -0.25) is 9.59 Å². The lowest BCUT2D eigenvalue weighted by Gasteiger charge is -2.31. The largest absolute Gasteiger partial charge is 0.465 e. The summed E-state index contributed by atoms with van der Waals surface area (Å²) in [5.41, 5.74) is 0.266. The van der Waals surface area contributed by atoms with E-state index in [0.717, 1.165) is 12.8 Å². The number of hydrogen-bond acceptors (Lipinski definition) is 4. The van der Waals surface area contributed by atoms with Gasteiger partial charge in [-0.05, 0) is 32.1 Å². The number of ketones is 1. The molecular formula is C20H32O4. The quantitative estimate of drug-likeness (QED) is 0.539. The van der Waals surface area contributed by atoms with E-state index in [1.807, 2.05) is 6.92 Å². The number of aliphatic hydroxyl groups is 1. The second-order valence-electron chi connectivity index (χ2n) is 7.61. The molecule has 1 aliphatic rings. The number of hydrogen-bond donors (Lipinski definition) is 1. The number of carbonyl (C=O) groups is 2. The number of Topliss-reactive ketones (excluding diaryl/α,β-unsaturated/α-hetero) is 1. The maximum Gasteiger partial charge on any atom is 0.308 e. The second-order valence-corrected chi connectivity index (χ2v) is 7.61. The molecule has 1 N–H and O–H groups in total. The minimum Gasteiger partial charge on any atom is -0.465 e. The summed E-state index contributed by atoms with van der Waals surface area (Å²) in [6.45, 7) is 9.77. The van der Waals surface area contributed by atoms with Gasteiger partial charge in [0.2, 0.25) is 0 Å². The van der Waals surface area contributed by atoms with Gasteiger partial charge in [-0.25, -0.2) is 0 Å². The molecule has 4 nitrogen and oxygen atoms in total. The van der Waals surface area contributed by atoms with E-state index in [4.69, 9.17) is 4.74 Å². The summed E-state index contributed by atoms with van der Waals surface area (Å²) >= 11 is 0. The van der Waals surface area contributed by atoms with Gasteiger partial charge >= 0.3 is 5.97 Å². The minimum absolute atomic E-state index is 0.00813. The molecule has 1 heterocycles. The zero-order valence-electron chi connectivity index (χ0n) is 15.7. The van der Waals surface area contributed by atoms with Crippen LogP contribution >= 0.6 is 0 Å². The van der Waals surface area contributed by atoms with Gasteiger partial charge < -0.3 is 9.84 Å². The molecule has 0 bridgehead atoms. The van der Waals surface area contributed by atoms with Crippen molar-refractivity contribution in [2.45, 2.75) is 66.4 Å². The molecule has 0 spiro atoms. The average Bonchev–Trinajstić information content (AvgIpc) is 2.49. The maximum atomic E-state index is 12.7. The summed E-state index contributed by atoms with van der Waals surface area (Å²) in [5, 5.41) is 10.4. The van der Waals surface area contributed by atoms with Gasteiger partial charge in [0, 0.05) is 5.92 Å². The third-order valence-electron chi connectivity index (χ3n) is 4.78. The molecule has 3 atom stereocenters. The van der Waals surface area contributed by atoms with E-state index in [1.54, 1.807) is 13.8 Å². The Morgan fingerprint density at radius 1 is 1.25 bits per heavy atom. The number of carbonyl (C=O) groups excluding carboxylic acids is 2. The monoisotopic (exact) mass is 336 g/mol. The summed E-state index contributed by atoms with van der Waals surface area (Å²) in [6.07, 6.45) is 7.43. The van der Waals surface area contributed by atoms with Crippen LogP contribution in [0.1, 0.15) is 60.3 Å². The Morgan fingerprint density at radius 2 is 1.92 bits per heavy atom. The predicted octanol–water partition coefficient (Wildman–Crippen LogP) is 3.83. The average molecular weight is 336 g/mol. The number of allylic oxidation sites excluding steroid dienone is 3. The van der Waals surface area contributed by atoms with E-state index in [0.29, 0.717) is 18.9 Å². The number of ether oxygens (including phenoxy) is 1. The molecule has 0 radical (unpaired) electrons. The zero-order chi connectivity index (χ0) is 18.3. The van der Waals surface area contributed by atoms with Crippen LogP contribution in [0.2, 0.25) is 0 Å². The third-order valence-corrected chi connectivity index (χ3v) is 4.78. The van der Waals surface area contributed by atoms with Gasteiger partial charge in [-0.15, -0.1) is 0 Å². The van der Waals surface area contributed by atoms with E-state index in [9.17, 15) is 14.7 Å². The van der Waals surface area contributed by atoms with Gasteiger partial charge in [0.25, 0.3) is 0 Å². The number of cyclic esters (lactones) is 1. The predicted molar refractivity (Wildman–Crippen MR) is 95.4 cm³/mol. The minimum atomic E-state index is -1.03. The van der Waals surface area contributed by atoms with E-state index in [1.165, 1.54) is 5.57 Å².